The van der Waals surface area contributed by atoms with E-state index in [0.717, 1.165) is 18.8 Å². The summed E-state index contributed by atoms with van der Waals surface area (Å²) in [6.07, 6.45) is 4.87. The van der Waals surface area contributed by atoms with Gasteiger partial charge in [0.2, 0.25) is 0 Å². The Morgan fingerprint density at radius 1 is 1.37 bits per heavy atom. The molecule has 0 radical (unpaired) electrons. The van der Waals surface area contributed by atoms with E-state index in [-0.39, 0.29) is 0 Å². The lowest BCUT2D eigenvalue weighted by Crippen LogP contribution is -2.29. The first kappa shape index (κ1) is 14.2. The van der Waals surface area contributed by atoms with E-state index in [1.54, 1.807) is 0 Å². The number of hydrogen-bond donors (Lipinski definition) is 2. The molecule has 1 aliphatic rings. The van der Waals surface area contributed by atoms with Crippen LogP contribution in [-0.2, 0) is 0 Å². The lowest BCUT2D eigenvalue weighted by molar-refractivity contribution is 0.317. The van der Waals surface area contributed by atoms with Crippen LogP contribution in [0.5, 0.6) is 5.75 Å². The molecule has 0 bridgehead atoms. The highest BCUT2D eigenvalue weighted by Gasteiger charge is 2.16. The highest BCUT2D eigenvalue weighted by Crippen LogP contribution is 2.18. The minimum atomic E-state index is 0.498. The van der Waals surface area contributed by atoms with Gasteiger partial charge < -0.3 is 15.4 Å². The maximum Gasteiger partial charge on any atom is 0.119 e. The minimum Gasteiger partial charge on any atom is -0.494 e. The fraction of sp³-hybridized carbons (Fsp3) is 0.625. The van der Waals surface area contributed by atoms with Crippen molar-refractivity contribution in [3.05, 3.63) is 24.3 Å². The third kappa shape index (κ3) is 4.75. The van der Waals surface area contributed by atoms with Gasteiger partial charge in [0.15, 0.2) is 0 Å². The van der Waals surface area contributed by atoms with E-state index in [4.69, 9.17) is 4.74 Å². The van der Waals surface area contributed by atoms with Crippen LogP contribution in [-0.4, -0.2) is 25.2 Å². The largest absolute Gasteiger partial charge is 0.494 e. The molecule has 0 amide bonds. The molecule has 2 unspecified atom stereocenters. The number of anilines is 1. The van der Waals surface area contributed by atoms with Crippen LogP contribution in [0.4, 0.5) is 5.69 Å². The molecule has 2 N–H and O–H groups in total. The average molecular weight is 262 g/mol. The molecule has 3 nitrogen and oxygen atoms in total. The SMILES string of the molecule is CCCOc1ccc(NC(C)CC2CCCN2)cc1. The van der Waals surface area contributed by atoms with Gasteiger partial charge in [-0.1, -0.05) is 6.92 Å². The number of nitrogens with one attached hydrogen (secondary N) is 2. The van der Waals surface area contributed by atoms with E-state index in [0.29, 0.717) is 12.1 Å². The molecule has 0 aliphatic carbocycles. The smallest absolute Gasteiger partial charge is 0.119 e. The first-order valence-corrected chi connectivity index (χ1v) is 7.50. The number of benzene rings is 1. The second-order valence-corrected chi connectivity index (χ2v) is 5.45. The van der Waals surface area contributed by atoms with Crippen molar-refractivity contribution in [1.82, 2.24) is 5.32 Å². The zero-order chi connectivity index (χ0) is 13.5. The van der Waals surface area contributed by atoms with Gasteiger partial charge in [0, 0.05) is 17.8 Å². The summed E-state index contributed by atoms with van der Waals surface area (Å²) in [7, 11) is 0. The Labute approximate surface area is 116 Å². The van der Waals surface area contributed by atoms with Crippen LogP contribution in [0.25, 0.3) is 0 Å². The van der Waals surface area contributed by atoms with Gasteiger partial charge in [-0.05, 0) is 63.4 Å². The van der Waals surface area contributed by atoms with Gasteiger partial charge in [0.1, 0.15) is 5.75 Å². The highest BCUT2D eigenvalue weighted by atomic mass is 16.5. The average Bonchev–Trinajstić information content (AvgIpc) is 2.90. The molecular weight excluding hydrogens is 236 g/mol. The van der Waals surface area contributed by atoms with Crippen LogP contribution in [0, 0.1) is 0 Å². The number of rotatable bonds is 7. The van der Waals surface area contributed by atoms with E-state index in [9.17, 15) is 0 Å². The maximum absolute atomic E-state index is 5.58. The molecule has 19 heavy (non-hydrogen) atoms. The van der Waals surface area contributed by atoms with Gasteiger partial charge in [0.05, 0.1) is 6.61 Å². The lowest BCUT2D eigenvalue weighted by Gasteiger charge is -2.19. The Hall–Kier alpha value is -1.22. The Kier molecular flexibility index (Phi) is 5.52. The molecule has 0 saturated carbocycles. The number of ether oxygens (including phenoxy) is 1. The quantitative estimate of drug-likeness (QED) is 0.790. The Balaban J connectivity index is 1.77. The normalized spacial score (nSPS) is 20.2. The molecule has 1 aromatic rings. The summed E-state index contributed by atoms with van der Waals surface area (Å²) in [5, 5.41) is 7.10. The van der Waals surface area contributed by atoms with Crippen LogP contribution in [0.15, 0.2) is 24.3 Å². The van der Waals surface area contributed by atoms with E-state index in [1.807, 2.05) is 12.1 Å². The fourth-order valence-corrected chi connectivity index (χ4v) is 2.60. The molecule has 2 rings (SSSR count). The van der Waals surface area contributed by atoms with Gasteiger partial charge in [0.25, 0.3) is 0 Å². The fourth-order valence-electron chi connectivity index (χ4n) is 2.60. The number of hydrogen-bond acceptors (Lipinski definition) is 3. The van der Waals surface area contributed by atoms with E-state index < -0.39 is 0 Å². The molecule has 2 atom stereocenters. The summed E-state index contributed by atoms with van der Waals surface area (Å²) < 4.78 is 5.58. The summed E-state index contributed by atoms with van der Waals surface area (Å²) in [4.78, 5) is 0. The van der Waals surface area contributed by atoms with Gasteiger partial charge >= 0.3 is 0 Å². The van der Waals surface area contributed by atoms with Gasteiger partial charge in [-0.3, -0.25) is 0 Å². The summed E-state index contributed by atoms with van der Waals surface area (Å²) >= 11 is 0. The maximum atomic E-state index is 5.58. The van der Waals surface area contributed by atoms with Crippen molar-refractivity contribution in [1.29, 1.82) is 0 Å². The summed E-state index contributed by atoms with van der Waals surface area (Å²) in [6.45, 7) is 6.34. The summed E-state index contributed by atoms with van der Waals surface area (Å²) in [5.41, 5.74) is 1.18. The molecule has 3 heteroatoms. The van der Waals surface area contributed by atoms with E-state index in [1.165, 1.54) is 31.5 Å². The predicted octanol–water partition coefficient (Wildman–Crippen LogP) is 3.42. The third-order valence-electron chi connectivity index (χ3n) is 3.54. The van der Waals surface area contributed by atoms with Crippen LogP contribution < -0.4 is 15.4 Å². The second kappa shape index (κ2) is 7.39. The first-order valence-electron chi connectivity index (χ1n) is 7.50. The molecule has 1 aliphatic heterocycles. The zero-order valence-electron chi connectivity index (χ0n) is 12.1. The predicted molar refractivity (Wildman–Crippen MR) is 81.0 cm³/mol. The topological polar surface area (TPSA) is 33.3 Å². The first-order chi connectivity index (χ1) is 9.28. The van der Waals surface area contributed by atoms with Crippen molar-refractivity contribution in [3.63, 3.8) is 0 Å². The van der Waals surface area contributed by atoms with Crippen molar-refractivity contribution < 1.29 is 4.74 Å². The molecule has 1 fully saturated rings. The van der Waals surface area contributed by atoms with Gasteiger partial charge in [-0.2, -0.15) is 0 Å². The van der Waals surface area contributed by atoms with Crippen molar-refractivity contribution in [3.8, 4) is 5.75 Å². The van der Waals surface area contributed by atoms with Gasteiger partial charge in [-0.25, -0.2) is 0 Å². The van der Waals surface area contributed by atoms with Gasteiger partial charge in [-0.15, -0.1) is 0 Å². The molecule has 0 spiro atoms. The highest BCUT2D eigenvalue weighted by molar-refractivity contribution is 5.47. The van der Waals surface area contributed by atoms with E-state index >= 15 is 0 Å². The Bertz CT molecular complexity index is 358. The van der Waals surface area contributed by atoms with Crippen molar-refractivity contribution in [2.45, 2.75) is 51.6 Å². The molecular formula is C16H26N2O. The molecule has 1 saturated heterocycles. The Morgan fingerprint density at radius 3 is 2.79 bits per heavy atom. The van der Waals surface area contributed by atoms with Crippen LogP contribution in [0.1, 0.15) is 39.5 Å². The van der Waals surface area contributed by atoms with Crippen molar-refractivity contribution in [2.24, 2.45) is 0 Å². The summed E-state index contributed by atoms with van der Waals surface area (Å²) in [5.74, 6) is 0.956. The van der Waals surface area contributed by atoms with Crippen LogP contribution in [0.3, 0.4) is 0 Å². The minimum absolute atomic E-state index is 0.498. The van der Waals surface area contributed by atoms with Crippen molar-refractivity contribution in [2.75, 3.05) is 18.5 Å². The molecule has 1 aromatic carbocycles. The van der Waals surface area contributed by atoms with E-state index in [2.05, 4.69) is 36.6 Å². The Morgan fingerprint density at radius 2 is 2.16 bits per heavy atom. The van der Waals surface area contributed by atoms with Crippen LogP contribution >= 0.6 is 0 Å². The zero-order valence-corrected chi connectivity index (χ0v) is 12.1. The standard InChI is InChI=1S/C16H26N2O/c1-3-11-19-16-8-6-14(7-9-16)18-13(2)12-15-5-4-10-17-15/h6-9,13,15,17-18H,3-5,10-12H2,1-2H3. The summed E-state index contributed by atoms with van der Waals surface area (Å²) in [6, 6.07) is 9.47. The second-order valence-electron chi connectivity index (χ2n) is 5.45. The molecule has 0 aromatic heterocycles. The third-order valence-corrected chi connectivity index (χ3v) is 3.54. The molecule has 106 valence electrons. The lowest BCUT2D eigenvalue weighted by atomic mass is 10.1. The van der Waals surface area contributed by atoms with Crippen LogP contribution in [0.2, 0.25) is 0 Å². The monoisotopic (exact) mass is 262 g/mol. The molecule has 1 heterocycles. The van der Waals surface area contributed by atoms with Crippen molar-refractivity contribution >= 4 is 5.69 Å².